The number of benzene rings is 1. The number of nitrogens with one attached hydrogen (secondary N) is 1. The van der Waals surface area contributed by atoms with Crippen molar-refractivity contribution in [2.24, 2.45) is 0 Å². The second kappa shape index (κ2) is 5.97. The molecular weight excluding hydrogens is 236 g/mol. The number of hydrogen-bond acceptors (Lipinski definition) is 5. The molecule has 0 bridgehead atoms. The Balaban J connectivity index is 0.000000453. The summed E-state index contributed by atoms with van der Waals surface area (Å²) < 4.78 is 0. The molecule has 10 heteroatoms. The molecule has 0 amide bonds. The maximum atomic E-state index is 10.3. The average molecular weight is 244 g/mol. The highest BCUT2D eigenvalue weighted by molar-refractivity contribution is 5.76. The zero-order valence-electron chi connectivity index (χ0n) is 8.23. The molecule has 1 heterocycles. The van der Waals surface area contributed by atoms with Crippen LogP contribution in [0.4, 0.5) is 5.69 Å². The molecule has 1 aromatic heterocycles. The summed E-state index contributed by atoms with van der Waals surface area (Å²) in [6.45, 7) is 0. The van der Waals surface area contributed by atoms with Crippen LogP contribution in [0, 0.1) is 20.2 Å². The zero-order chi connectivity index (χ0) is 12.1. The van der Waals surface area contributed by atoms with Gasteiger partial charge in [0.15, 0.2) is 0 Å². The largest absolute Gasteiger partial charge is 0.412 e. The van der Waals surface area contributed by atoms with Gasteiger partial charge in [-0.25, -0.2) is 4.98 Å². The van der Waals surface area contributed by atoms with E-state index < -0.39 is 10.0 Å². The number of rotatable bonds is 1. The summed E-state index contributed by atoms with van der Waals surface area (Å²) in [7, 11) is 0. The molecule has 0 aliphatic rings. The van der Waals surface area contributed by atoms with Gasteiger partial charge in [0.05, 0.1) is 22.3 Å². The third kappa shape index (κ3) is 4.09. The summed E-state index contributed by atoms with van der Waals surface area (Å²) in [6.07, 6.45) is 1.51. The molecule has 0 aliphatic heterocycles. The van der Waals surface area contributed by atoms with Crippen LogP contribution in [-0.4, -0.2) is 30.7 Å². The fraction of sp³-hybridized carbons (Fsp3) is 0. The van der Waals surface area contributed by atoms with Gasteiger partial charge in [-0.3, -0.25) is 10.1 Å². The highest BCUT2D eigenvalue weighted by Crippen LogP contribution is 2.16. The number of nitro benzene ring substituents is 1. The quantitative estimate of drug-likeness (QED) is 0.540. The van der Waals surface area contributed by atoms with E-state index >= 15 is 0 Å². The molecule has 2 aromatic rings. The van der Waals surface area contributed by atoms with E-state index in [1.165, 1.54) is 18.5 Å². The molecule has 4 N–H and O–H groups in total. The molecule has 92 valence electrons. The molecule has 17 heavy (non-hydrogen) atoms. The van der Waals surface area contributed by atoms with Gasteiger partial charge in [-0.2, -0.15) is 0 Å². The number of nitro groups is 1. The summed E-state index contributed by atoms with van der Waals surface area (Å²) in [6, 6.07) is 4.51. The van der Waals surface area contributed by atoms with Crippen molar-refractivity contribution in [1.29, 1.82) is 0 Å². The van der Waals surface area contributed by atoms with Crippen molar-refractivity contribution in [3.8, 4) is 0 Å². The topological polar surface area (TPSA) is 167 Å². The molecule has 0 spiro atoms. The number of imidazole rings is 1. The number of non-ortho nitro benzene ring substituents is 1. The van der Waals surface area contributed by atoms with Crippen LogP contribution in [0.3, 0.4) is 0 Å². The fourth-order valence-corrected chi connectivity index (χ4v) is 1.04. The van der Waals surface area contributed by atoms with Crippen molar-refractivity contribution in [3.63, 3.8) is 0 Å². The predicted molar refractivity (Wildman–Crippen MR) is 55.1 cm³/mol. The van der Waals surface area contributed by atoms with Crippen molar-refractivity contribution in [2.45, 2.75) is 0 Å². The van der Waals surface area contributed by atoms with Crippen molar-refractivity contribution in [3.05, 3.63) is 44.8 Å². The summed E-state index contributed by atoms with van der Waals surface area (Å²) in [5, 5.41) is 24.0. The van der Waals surface area contributed by atoms with E-state index in [1.807, 2.05) is 0 Å². The first-order chi connectivity index (χ1) is 7.50. The van der Waals surface area contributed by atoms with Crippen LogP contribution in [0.2, 0.25) is 0 Å². The Labute approximate surface area is 93.1 Å². The summed E-state index contributed by atoms with van der Waals surface area (Å²) in [5.41, 5.74) is 1.50. The van der Waals surface area contributed by atoms with Gasteiger partial charge in [-0.05, 0) is 6.07 Å². The number of nitrogens with zero attached hydrogens (tertiary/aromatic N) is 3. The van der Waals surface area contributed by atoms with E-state index in [0.29, 0.717) is 5.52 Å². The molecule has 10 nitrogen and oxygen atoms in total. The molecule has 0 unspecified atom stereocenters. The first-order valence-corrected chi connectivity index (χ1v) is 3.91. The van der Waals surface area contributed by atoms with Crippen molar-refractivity contribution in [1.82, 2.24) is 9.97 Å². The van der Waals surface area contributed by atoms with E-state index in [1.54, 1.807) is 6.07 Å². The minimum atomic E-state index is -1.50. The number of hydrogen-bond donors (Lipinski definition) is 2. The normalized spacial score (nSPS) is 8.71. The van der Waals surface area contributed by atoms with E-state index in [0.717, 1.165) is 5.52 Å². The molecule has 0 fully saturated rings. The highest BCUT2D eigenvalue weighted by Gasteiger charge is 2.05. The van der Waals surface area contributed by atoms with Gasteiger partial charge in [0, 0.05) is 12.1 Å². The summed E-state index contributed by atoms with van der Waals surface area (Å²) in [4.78, 5) is 25.0. The Hall–Kier alpha value is -2.75. The van der Waals surface area contributed by atoms with Crippen LogP contribution in [0.1, 0.15) is 0 Å². The van der Waals surface area contributed by atoms with Crippen LogP contribution in [0.5, 0.6) is 0 Å². The molecule has 1 aromatic carbocycles. The first-order valence-electron chi connectivity index (χ1n) is 3.91. The molecule has 0 saturated carbocycles. The summed E-state index contributed by atoms with van der Waals surface area (Å²) >= 11 is 0. The molecule has 0 saturated heterocycles. The standard InChI is InChI=1S/C7H5N3O2.HNO3.H2O/c11-10(12)5-1-2-6-7(3-5)9-4-8-6;2-1(3)4;/h1-4H,(H,8,9);(H,2,3,4);1H2. The van der Waals surface area contributed by atoms with Crippen LogP contribution < -0.4 is 0 Å². The maximum Gasteiger partial charge on any atom is 0.291 e. The monoisotopic (exact) mass is 244 g/mol. The Morgan fingerprint density at radius 3 is 2.41 bits per heavy atom. The fourth-order valence-electron chi connectivity index (χ4n) is 1.04. The molecular formula is C7H8N4O6. The van der Waals surface area contributed by atoms with Gasteiger partial charge in [-0.1, -0.05) is 0 Å². The van der Waals surface area contributed by atoms with Crippen LogP contribution in [-0.2, 0) is 0 Å². The third-order valence-corrected chi connectivity index (χ3v) is 1.61. The van der Waals surface area contributed by atoms with Crippen LogP contribution in [0.25, 0.3) is 11.0 Å². The van der Waals surface area contributed by atoms with Gasteiger partial charge in [0.1, 0.15) is 0 Å². The predicted octanol–water partition coefficient (Wildman–Crippen LogP) is 0.299. The molecule has 0 radical (unpaired) electrons. The Morgan fingerprint density at radius 1 is 1.29 bits per heavy atom. The smallest absolute Gasteiger partial charge is 0.291 e. The lowest BCUT2D eigenvalue weighted by molar-refractivity contribution is -0.742. The number of aromatic amines is 1. The second-order valence-corrected chi connectivity index (χ2v) is 2.60. The van der Waals surface area contributed by atoms with E-state index in [9.17, 15) is 10.1 Å². The van der Waals surface area contributed by atoms with E-state index in [-0.39, 0.29) is 11.2 Å². The number of fused-ring (bicyclic) bond motifs is 1. The van der Waals surface area contributed by atoms with Gasteiger partial charge in [0.25, 0.3) is 10.8 Å². The first kappa shape index (κ1) is 14.2. The Morgan fingerprint density at radius 2 is 1.88 bits per heavy atom. The lowest BCUT2D eigenvalue weighted by atomic mass is 10.3. The highest BCUT2D eigenvalue weighted by atomic mass is 16.9. The van der Waals surface area contributed by atoms with Gasteiger partial charge >= 0.3 is 0 Å². The minimum Gasteiger partial charge on any atom is -0.412 e. The number of H-pyrrole nitrogens is 1. The van der Waals surface area contributed by atoms with Crippen molar-refractivity contribution >= 4 is 16.7 Å². The lowest BCUT2D eigenvalue weighted by Gasteiger charge is -1.89. The van der Waals surface area contributed by atoms with E-state index in [2.05, 4.69) is 9.97 Å². The van der Waals surface area contributed by atoms with Crippen molar-refractivity contribution < 1.29 is 20.7 Å². The van der Waals surface area contributed by atoms with E-state index in [4.69, 9.17) is 15.3 Å². The SMILES string of the molecule is O.O=[N+]([O-])O.O=[N+]([O-])c1ccc2nc[nH]c2c1. The van der Waals surface area contributed by atoms with Gasteiger partial charge in [0.2, 0.25) is 0 Å². The third-order valence-electron chi connectivity index (χ3n) is 1.61. The van der Waals surface area contributed by atoms with Crippen LogP contribution >= 0.6 is 0 Å². The molecule has 2 rings (SSSR count). The van der Waals surface area contributed by atoms with Gasteiger partial charge in [-0.15, -0.1) is 10.1 Å². The molecule has 0 atom stereocenters. The second-order valence-electron chi connectivity index (χ2n) is 2.60. The van der Waals surface area contributed by atoms with Crippen LogP contribution in [0.15, 0.2) is 24.5 Å². The zero-order valence-corrected chi connectivity index (χ0v) is 8.23. The Bertz CT molecular complexity index is 520. The minimum absolute atomic E-state index is 0. The molecule has 0 aliphatic carbocycles. The lowest BCUT2D eigenvalue weighted by Crippen LogP contribution is -1.86. The maximum absolute atomic E-state index is 10.3. The average Bonchev–Trinajstić information content (AvgIpc) is 2.62. The summed E-state index contributed by atoms with van der Waals surface area (Å²) in [5.74, 6) is 0. The Kier molecular flexibility index (Phi) is 5.00. The number of aromatic nitrogens is 2. The van der Waals surface area contributed by atoms with Gasteiger partial charge < -0.3 is 15.7 Å². The van der Waals surface area contributed by atoms with Crippen molar-refractivity contribution in [2.75, 3.05) is 0 Å².